The highest BCUT2D eigenvalue weighted by atomic mass is 16.6. The first-order valence-corrected chi connectivity index (χ1v) is 9.41. The molecule has 1 aromatic carbocycles. The van der Waals surface area contributed by atoms with Gasteiger partial charge in [0, 0.05) is 44.1 Å². The fourth-order valence-corrected chi connectivity index (χ4v) is 2.87. The maximum Gasteiger partial charge on any atom is 0.420 e. The van der Waals surface area contributed by atoms with Crippen molar-refractivity contribution in [1.29, 1.82) is 0 Å². The molecule has 1 saturated heterocycles. The summed E-state index contributed by atoms with van der Waals surface area (Å²) in [6, 6.07) is 9.68. The number of carbonyl (C=O) groups is 3. The van der Waals surface area contributed by atoms with E-state index in [1.165, 1.54) is 11.9 Å². The number of hydrogen-bond donors (Lipinski definition) is 3. The molecular weight excluding hydrogens is 390 g/mol. The van der Waals surface area contributed by atoms with Crippen LogP contribution in [-0.4, -0.2) is 67.3 Å². The molecule has 2 heterocycles. The average Bonchev–Trinajstić information content (AvgIpc) is 2.78. The molecule has 1 atom stereocenters. The van der Waals surface area contributed by atoms with Crippen LogP contribution in [0.3, 0.4) is 0 Å². The van der Waals surface area contributed by atoms with Crippen molar-refractivity contribution in [2.45, 2.75) is 6.04 Å². The number of nitrogens with zero attached hydrogens (tertiary/aromatic N) is 2. The molecule has 1 aliphatic heterocycles. The lowest BCUT2D eigenvalue weighted by atomic mass is 10.2. The molecule has 0 bridgehead atoms. The van der Waals surface area contributed by atoms with Gasteiger partial charge in [-0.3, -0.25) is 15.1 Å². The van der Waals surface area contributed by atoms with Crippen molar-refractivity contribution >= 4 is 23.8 Å². The monoisotopic (exact) mass is 413 g/mol. The van der Waals surface area contributed by atoms with Crippen molar-refractivity contribution in [3.8, 4) is 5.75 Å². The molecule has 1 aliphatic rings. The molecule has 0 saturated carbocycles. The fourth-order valence-electron chi connectivity index (χ4n) is 2.87. The van der Waals surface area contributed by atoms with E-state index in [-0.39, 0.29) is 11.9 Å². The predicted molar refractivity (Wildman–Crippen MR) is 108 cm³/mol. The number of benzene rings is 1. The van der Waals surface area contributed by atoms with Crippen LogP contribution in [-0.2, 0) is 4.74 Å². The van der Waals surface area contributed by atoms with Crippen LogP contribution in [0.4, 0.5) is 15.3 Å². The number of piperazine rings is 1. The Balaban J connectivity index is 1.46. The second-order valence-corrected chi connectivity index (χ2v) is 6.53. The van der Waals surface area contributed by atoms with Gasteiger partial charge in [-0.1, -0.05) is 0 Å². The minimum Gasteiger partial charge on any atom is -0.490 e. The maximum atomic E-state index is 12.3. The molecule has 3 rings (SSSR count). The zero-order valence-corrected chi connectivity index (χ0v) is 16.5. The summed E-state index contributed by atoms with van der Waals surface area (Å²) in [4.78, 5) is 41.3. The molecule has 0 radical (unpaired) electrons. The Labute approximate surface area is 173 Å². The molecule has 1 fully saturated rings. The summed E-state index contributed by atoms with van der Waals surface area (Å²) in [5, 5.41) is 8.23. The smallest absolute Gasteiger partial charge is 0.420 e. The summed E-state index contributed by atoms with van der Waals surface area (Å²) < 4.78 is 10.5. The molecule has 3 amide bonds. The van der Waals surface area contributed by atoms with Gasteiger partial charge in [-0.05, 0) is 36.4 Å². The van der Waals surface area contributed by atoms with Crippen molar-refractivity contribution in [1.82, 2.24) is 20.5 Å². The van der Waals surface area contributed by atoms with Gasteiger partial charge < -0.3 is 25.0 Å². The molecular formula is C20H23N5O5. The van der Waals surface area contributed by atoms with Crippen LogP contribution in [0.1, 0.15) is 10.4 Å². The largest absolute Gasteiger partial charge is 0.490 e. The summed E-state index contributed by atoms with van der Waals surface area (Å²) in [5.74, 6) is 0.404. The number of carbonyl (C=O) groups excluding carboxylic acids is 3. The van der Waals surface area contributed by atoms with Crippen molar-refractivity contribution in [3.05, 3.63) is 54.4 Å². The number of pyridine rings is 1. The van der Waals surface area contributed by atoms with Crippen LogP contribution in [0.5, 0.6) is 5.75 Å². The van der Waals surface area contributed by atoms with Gasteiger partial charge in [-0.2, -0.15) is 0 Å². The van der Waals surface area contributed by atoms with Gasteiger partial charge in [0.25, 0.3) is 5.91 Å². The number of anilines is 1. The lowest BCUT2D eigenvalue weighted by Crippen LogP contribution is -2.55. The predicted octanol–water partition coefficient (Wildman–Crippen LogP) is 1.46. The molecule has 1 unspecified atom stereocenters. The van der Waals surface area contributed by atoms with E-state index < -0.39 is 12.2 Å². The van der Waals surface area contributed by atoms with Crippen molar-refractivity contribution in [3.63, 3.8) is 0 Å². The van der Waals surface area contributed by atoms with Crippen LogP contribution in [0, 0.1) is 0 Å². The van der Waals surface area contributed by atoms with Gasteiger partial charge in [0.15, 0.2) is 0 Å². The summed E-state index contributed by atoms with van der Waals surface area (Å²) in [6.45, 7) is 1.65. The van der Waals surface area contributed by atoms with Crippen molar-refractivity contribution in [2.24, 2.45) is 0 Å². The Morgan fingerprint density at radius 1 is 1.23 bits per heavy atom. The Hall–Kier alpha value is -3.66. The third-order valence-electron chi connectivity index (χ3n) is 4.40. The maximum absolute atomic E-state index is 12.3. The van der Waals surface area contributed by atoms with Gasteiger partial charge in [-0.15, -0.1) is 0 Å². The van der Waals surface area contributed by atoms with E-state index in [9.17, 15) is 14.4 Å². The Morgan fingerprint density at radius 3 is 2.73 bits per heavy atom. The zero-order valence-electron chi connectivity index (χ0n) is 16.5. The first-order valence-electron chi connectivity index (χ1n) is 9.41. The first kappa shape index (κ1) is 21.1. The van der Waals surface area contributed by atoms with Gasteiger partial charge in [0.05, 0.1) is 12.2 Å². The lowest BCUT2D eigenvalue weighted by molar-refractivity contribution is 0.0962. The van der Waals surface area contributed by atoms with E-state index in [1.54, 1.807) is 48.8 Å². The molecule has 10 nitrogen and oxygen atoms in total. The standard InChI is InChI=1S/C20H23N5O5/c1-21-18(26)14-4-6-15(7-5-14)24-19(27)30-20(28)25-10-9-23-16(12-25)13-29-17-3-2-8-22-11-17/h2-8,11,16,23H,9-10,12-13H2,1H3,(H,21,26)(H,24,27). The van der Waals surface area contributed by atoms with Crippen LogP contribution >= 0.6 is 0 Å². The van der Waals surface area contributed by atoms with Gasteiger partial charge in [-0.25, -0.2) is 9.59 Å². The first-order chi connectivity index (χ1) is 14.5. The molecule has 3 N–H and O–H groups in total. The Kier molecular flexibility index (Phi) is 7.17. The topological polar surface area (TPSA) is 122 Å². The van der Waals surface area contributed by atoms with E-state index in [4.69, 9.17) is 9.47 Å². The summed E-state index contributed by atoms with van der Waals surface area (Å²) in [6.07, 6.45) is 1.64. The summed E-state index contributed by atoms with van der Waals surface area (Å²) in [5.41, 5.74) is 0.858. The molecule has 2 aromatic rings. The molecule has 158 valence electrons. The highest BCUT2D eigenvalue weighted by Crippen LogP contribution is 2.11. The van der Waals surface area contributed by atoms with Gasteiger partial charge in [0.1, 0.15) is 12.4 Å². The van der Waals surface area contributed by atoms with Crippen LogP contribution in [0.25, 0.3) is 0 Å². The molecule has 1 aromatic heterocycles. The Morgan fingerprint density at radius 2 is 2.03 bits per heavy atom. The number of aromatic nitrogens is 1. The fraction of sp³-hybridized carbons (Fsp3) is 0.300. The number of hydrogen-bond acceptors (Lipinski definition) is 7. The van der Waals surface area contributed by atoms with Crippen LogP contribution in [0.2, 0.25) is 0 Å². The van der Waals surface area contributed by atoms with E-state index >= 15 is 0 Å². The van der Waals surface area contributed by atoms with Crippen LogP contribution in [0.15, 0.2) is 48.8 Å². The SMILES string of the molecule is CNC(=O)c1ccc(NC(=O)OC(=O)N2CCNC(COc3cccnc3)C2)cc1. The minimum atomic E-state index is -0.894. The van der Waals surface area contributed by atoms with Crippen molar-refractivity contribution in [2.75, 3.05) is 38.6 Å². The molecule has 10 heteroatoms. The lowest BCUT2D eigenvalue weighted by Gasteiger charge is -2.32. The van der Waals surface area contributed by atoms with E-state index in [2.05, 4.69) is 20.9 Å². The Bertz CT molecular complexity index is 875. The summed E-state index contributed by atoms with van der Waals surface area (Å²) in [7, 11) is 1.53. The number of nitrogens with one attached hydrogen (secondary N) is 3. The molecule has 0 spiro atoms. The van der Waals surface area contributed by atoms with Crippen LogP contribution < -0.4 is 20.7 Å². The minimum absolute atomic E-state index is 0.105. The van der Waals surface area contributed by atoms with Gasteiger partial charge >= 0.3 is 12.2 Å². The average molecular weight is 413 g/mol. The molecule has 30 heavy (non-hydrogen) atoms. The van der Waals surface area contributed by atoms with Crippen molar-refractivity contribution < 1.29 is 23.9 Å². The quantitative estimate of drug-likeness (QED) is 0.635. The van der Waals surface area contributed by atoms with E-state index in [0.29, 0.717) is 43.2 Å². The summed E-state index contributed by atoms with van der Waals surface area (Å²) >= 11 is 0. The molecule has 0 aliphatic carbocycles. The second kappa shape index (κ2) is 10.2. The van der Waals surface area contributed by atoms with Gasteiger partial charge in [0.2, 0.25) is 0 Å². The third kappa shape index (κ3) is 5.92. The zero-order chi connectivity index (χ0) is 21.3. The highest BCUT2D eigenvalue weighted by molar-refractivity contribution is 5.95. The number of rotatable bonds is 5. The highest BCUT2D eigenvalue weighted by Gasteiger charge is 2.26. The van der Waals surface area contributed by atoms with E-state index in [0.717, 1.165) is 0 Å². The third-order valence-corrected chi connectivity index (χ3v) is 4.40. The number of ether oxygens (including phenoxy) is 2. The normalized spacial score (nSPS) is 15.8. The number of amides is 3. The second-order valence-electron chi connectivity index (χ2n) is 6.53. The van der Waals surface area contributed by atoms with E-state index in [1.807, 2.05) is 0 Å².